The van der Waals surface area contributed by atoms with E-state index in [1.54, 1.807) is 12.1 Å². The quantitative estimate of drug-likeness (QED) is 0.487. The fourth-order valence-electron chi connectivity index (χ4n) is 4.32. The SMILES string of the molecule is O=C(c1ccccc1)N1CCC2(CC1)OCc1cc(-c3ccc(OC(F)(F)F)cc3)ccc1O2. The van der Waals surface area contributed by atoms with Gasteiger partial charge in [0, 0.05) is 37.1 Å². The highest BCUT2D eigenvalue weighted by atomic mass is 19.4. The maximum absolute atomic E-state index is 12.7. The van der Waals surface area contributed by atoms with Crippen LogP contribution in [0.3, 0.4) is 0 Å². The molecule has 1 fully saturated rings. The van der Waals surface area contributed by atoms with Gasteiger partial charge in [-0.1, -0.05) is 36.4 Å². The number of nitrogens with zero attached hydrogens (tertiary/aromatic N) is 1. The van der Waals surface area contributed by atoms with E-state index < -0.39 is 12.1 Å². The Morgan fingerprint density at radius 3 is 2.26 bits per heavy atom. The molecule has 0 radical (unpaired) electrons. The summed E-state index contributed by atoms with van der Waals surface area (Å²) in [4.78, 5) is 14.5. The van der Waals surface area contributed by atoms with Crippen molar-refractivity contribution in [1.82, 2.24) is 4.90 Å². The van der Waals surface area contributed by atoms with Gasteiger partial charge in [-0.3, -0.25) is 4.79 Å². The van der Waals surface area contributed by atoms with Crippen LogP contribution in [0.2, 0.25) is 0 Å². The number of carbonyl (C=O) groups excluding carboxylic acids is 1. The zero-order valence-corrected chi connectivity index (χ0v) is 18.2. The first-order valence-corrected chi connectivity index (χ1v) is 11.0. The van der Waals surface area contributed by atoms with Crippen molar-refractivity contribution in [2.24, 2.45) is 0 Å². The molecule has 176 valence electrons. The van der Waals surface area contributed by atoms with Crippen LogP contribution in [0.4, 0.5) is 13.2 Å². The molecule has 0 atom stereocenters. The van der Waals surface area contributed by atoms with Gasteiger partial charge in [-0.15, -0.1) is 13.2 Å². The number of hydrogen-bond donors (Lipinski definition) is 0. The lowest BCUT2D eigenvalue weighted by Crippen LogP contribution is -2.52. The Kier molecular flexibility index (Phi) is 5.69. The van der Waals surface area contributed by atoms with Gasteiger partial charge in [0.05, 0.1) is 6.61 Å². The minimum atomic E-state index is -4.72. The van der Waals surface area contributed by atoms with Crippen LogP contribution in [0.1, 0.15) is 28.8 Å². The van der Waals surface area contributed by atoms with Crippen molar-refractivity contribution in [1.29, 1.82) is 0 Å². The maximum atomic E-state index is 12.7. The molecule has 0 aromatic heterocycles. The van der Waals surface area contributed by atoms with Crippen LogP contribution >= 0.6 is 0 Å². The van der Waals surface area contributed by atoms with Crippen LogP contribution in [0.5, 0.6) is 11.5 Å². The summed E-state index contributed by atoms with van der Waals surface area (Å²) in [6, 6.07) is 20.6. The molecule has 2 aliphatic rings. The fraction of sp³-hybridized carbons (Fsp3) is 0.269. The first kappa shape index (κ1) is 22.3. The largest absolute Gasteiger partial charge is 0.573 e. The molecule has 0 bridgehead atoms. The van der Waals surface area contributed by atoms with Gasteiger partial charge in [0.1, 0.15) is 11.5 Å². The van der Waals surface area contributed by atoms with Crippen LogP contribution in [-0.4, -0.2) is 36.0 Å². The first-order valence-electron chi connectivity index (χ1n) is 11.0. The monoisotopic (exact) mass is 469 g/mol. The van der Waals surface area contributed by atoms with E-state index >= 15 is 0 Å². The number of rotatable bonds is 3. The molecule has 3 aromatic rings. The summed E-state index contributed by atoms with van der Waals surface area (Å²) in [5, 5.41) is 0. The number of ether oxygens (including phenoxy) is 3. The van der Waals surface area contributed by atoms with E-state index in [4.69, 9.17) is 9.47 Å². The van der Waals surface area contributed by atoms with Crippen molar-refractivity contribution in [3.63, 3.8) is 0 Å². The van der Waals surface area contributed by atoms with Crippen LogP contribution in [0.25, 0.3) is 11.1 Å². The van der Waals surface area contributed by atoms with E-state index in [0.717, 1.165) is 22.4 Å². The Morgan fingerprint density at radius 2 is 1.59 bits per heavy atom. The molecule has 0 saturated carbocycles. The van der Waals surface area contributed by atoms with E-state index in [9.17, 15) is 18.0 Å². The van der Waals surface area contributed by atoms with Gasteiger partial charge >= 0.3 is 6.36 Å². The number of carbonyl (C=O) groups is 1. The fourth-order valence-corrected chi connectivity index (χ4v) is 4.32. The molecule has 0 unspecified atom stereocenters. The molecule has 5 rings (SSSR count). The van der Waals surface area contributed by atoms with Crippen molar-refractivity contribution >= 4 is 5.91 Å². The number of amides is 1. The maximum Gasteiger partial charge on any atom is 0.573 e. The second-order valence-electron chi connectivity index (χ2n) is 8.35. The van der Waals surface area contributed by atoms with Crippen molar-refractivity contribution in [2.75, 3.05) is 13.1 Å². The predicted molar refractivity (Wildman–Crippen MR) is 118 cm³/mol. The molecule has 1 spiro atoms. The van der Waals surface area contributed by atoms with Crippen LogP contribution in [0.15, 0.2) is 72.8 Å². The molecule has 2 heterocycles. The highest BCUT2D eigenvalue weighted by Crippen LogP contribution is 2.39. The topological polar surface area (TPSA) is 48.0 Å². The van der Waals surface area contributed by atoms with Crippen LogP contribution < -0.4 is 9.47 Å². The standard InChI is InChI=1S/C26H22F3NO4/c27-26(28,29)33-22-9-6-18(7-10-22)20-8-11-23-21(16-20)17-32-25(34-23)12-14-30(15-13-25)24(31)19-4-2-1-3-5-19/h1-11,16H,12-15,17H2. The first-order chi connectivity index (χ1) is 16.3. The molecule has 1 saturated heterocycles. The lowest BCUT2D eigenvalue weighted by Gasteiger charge is -2.44. The van der Waals surface area contributed by atoms with Gasteiger partial charge in [-0.25, -0.2) is 0 Å². The molecule has 1 amide bonds. The third kappa shape index (κ3) is 4.72. The Balaban J connectivity index is 1.25. The number of hydrogen-bond acceptors (Lipinski definition) is 4. The lowest BCUT2D eigenvalue weighted by atomic mass is 9.98. The molecule has 2 aliphatic heterocycles. The van der Waals surface area contributed by atoms with Gasteiger partial charge in [-0.05, 0) is 47.5 Å². The van der Waals surface area contributed by atoms with Crippen molar-refractivity contribution in [2.45, 2.75) is 31.6 Å². The molecule has 34 heavy (non-hydrogen) atoms. The summed E-state index contributed by atoms with van der Waals surface area (Å²) in [6.45, 7) is 1.42. The van der Waals surface area contributed by atoms with E-state index in [2.05, 4.69) is 4.74 Å². The van der Waals surface area contributed by atoms with Gasteiger partial charge in [0.2, 0.25) is 5.79 Å². The summed E-state index contributed by atoms with van der Waals surface area (Å²) in [6.07, 6.45) is -3.59. The van der Waals surface area contributed by atoms with Gasteiger partial charge in [0.15, 0.2) is 0 Å². The Labute approximate surface area is 194 Å². The molecule has 0 aliphatic carbocycles. The number of alkyl halides is 3. The highest BCUT2D eigenvalue weighted by Gasteiger charge is 2.42. The van der Waals surface area contributed by atoms with E-state index in [1.807, 2.05) is 53.4 Å². The zero-order valence-electron chi connectivity index (χ0n) is 18.2. The molecule has 8 heteroatoms. The van der Waals surface area contributed by atoms with E-state index in [1.165, 1.54) is 12.1 Å². The van der Waals surface area contributed by atoms with Crippen molar-refractivity contribution in [3.8, 4) is 22.6 Å². The second-order valence-corrected chi connectivity index (χ2v) is 8.35. The molecule has 0 N–H and O–H groups in total. The summed E-state index contributed by atoms with van der Waals surface area (Å²) < 4.78 is 53.4. The van der Waals surface area contributed by atoms with E-state index in [-0.39, 0.29) is 11.7 Å². The minimum Gasteiger partial charge on any atom is -0.462 e. The lowest BCUT2D eigenvalue weighted by molar-refractivity contribution is -0.274. The summed E-state index contributed by atoms with van der Waals surface area (Å²) in [7, 11) is 0. The normalized spacial score (nSPS) is 17.1. The summed E-state index contributed by atoms with van der Waals surface area (Å²) in [5.74, 6) is -0.309. The average molecular weight is 469 g/mol. The van der Waals surface area contributed by atoms with Gasteiger partial charge in [0.25, 0.3) is 5.91 Å². The molecule has 5 nitrogen and oxygen atoms in total. The Hall–Kier alpha value is -3.52. The number of likely N-dealkylation sites (tertiary alicyclic amines) is 1. The Morgan fingerprint density at radius 1 is 0.912 bits per heavy atom. The number of fused-ring (bicyclic) bond motifs is 1. The van der Waals surface area contributed by atoms with Gasteiger partial charge < -0.3 is 19.1 Å². The minimum absolute atomic E-state index is 0.00273. The number of benzene rings is 3. The molecule has 3 aromatic carbocycles. The average Bonchev–Trinajstić information content (AvgIpc) is 2.84. The summed E-state index contributed by atoms with van der Waals surface area (Å²) >= 11 is 0. The highest BCUT2D eigenvalue weighted by molar-refractivity contribution is 5.94. The number of piperidine rings is 1. The smallest absolute Gasteiger partial charge is 0.462 e. The van der Waals surface area contributed by atoms with Gasteiger partial charge in [-0.2, -0.15) is 0 Å². The second kappa shape index (κ2) is 8.68. The van der Waals surface area contributed by atoms with Crippen molar-refractivity contribution in [3.05, 3.63) is 83.9 Å². The molecular weight excluding hydrogens is 447 g/mol. The van der Waals surface area contributed by atoms with Crippen LogP contribution in [0, 0.1) is 0 Å². The number of halogens is 3. The van der Waals surface area contributed by atoms with E-state index in [0.29, 0.717) is 38.1 Å². The Bertz CT molecular complexity index is 1170. The molecular formula is C26H22F3NO4. The van der Waals surface area contributed by atoms with Crippen molar-refractivity contribution < 1.29 is 32.2 Å². The zero-order chi connectivity index (χ0) is 23.8. The summed E-state index contributed by atoms with van der Waals surface area (Å²) in [5.41, 5.74) is 3.12. The third-order valence-electron chi connectivity index (χ3n) is 6.10. The van der Waals surface area contributed by atoms with Crippen LogP contribution in [-0.2, 0) is 11.3 Å². The predicted octanol–water partition coefficient (Wildman–Crippen LogP) is 5.79. The third-order valence-corrected chi connectivity index (χ3v) is 6.10.